The van der Waals surface area contributed by atoms with Gasteiger partial charge in [0.1, 0.15) is 6.61 Å². The highest BCUT2D eigenvalue weighted by molar-refractivity contribution is 5.73. The highest BCUT2D eigenvalue weighted by atomic mass is 16.5. The zero-order chi connectivity index (χ0) is 16.2. The summed E-state index contributed by atoms with van der Waals surface area (Å²) >= 11 is 0. The Morgan fingerprint density at radius 1 is 1.27 bits per heavy atom. The fourth-order valence-electron chi connectivity index (χ4n) is 2.83. The first-order chi connectivity index (χ1) is 10.4. The van der Waals surface area contributed by atoms with Gasteiger partial charge in [0.05, 0.1) is 0 Å². The van der Waals surface area contributed by atoms with Gasteiger partial charge >= 0.3 is 6.09 Å². The Morgan fingerprint density at radius 3 is 2.55 bits per heavy atom. The minimum atomic E-state index is -0.400. The molecule has 0 bridgehead atoms. The summed E-state index contributed by atoms with van der Waals surface area (Å²) < 4.78 is 5.19. The Kier molecular flexibility index (Phi) is 5.06. The molecule has 0 aromatic heterocycles. The number of ether oxygens (including phenoxy) is 1. The van der Waals surface area contributed by atoms with Gasteiger partial charge in [-0.05, 0) is 23.3 Å². The molecular formula is C17H24N2O3. The zero-order valence-corrected chi connectivity index (χ0v) is 13.4. The van der Waals surface area contributed by atoms with Crippen molar-refractivity contribution in [1.29, 1.82) is 0 Å². The molecule has 2 N–H and O–H groups in total. The highest BCUT2D eigenvalue weighted by Gasteiger charge is 2.48. The minimum absolute atomic E-state index is 0.00763. The fourth-order valence-corrected chi connectivity index (χ4v) is 2.83. The summed E-state index contributed by atoms with van der Waals surface area (Å²) in [4.78, 5) is 22.9. The van der Waals surface area contributed by atoms with Crippen molar-refractivity contribution >= 4 is 12.0 Å². The molecular weight excluding hydrogens is 280 g/mol. The third-order valence-corrected chi connectivity index (χ3v) is 4.55. The van der Waals surface area contributed by atoms with Crippen LogP contribution in [0.2, 0.25) is 0 Å². The fraction of sp³-hybridized carbons (Fsp3) is 0.529. The summed E-state index contributed by atoms with van der Waals surface area (Å²) in [6.45, 7) is 6.59. The number of carbonyl (C=O) groups is 2. The van der Waals surface area contributed by atoms with Crippen molar-refractivity contribution in [2.24, 2.45) is 11.3 Å². The first-order valence-electron chi connectivity index (χ1n) is 7.61. The second-order valence-electron chi connectivity index (χ2n) is 6.45. The van der Waals surface area contributed by atoms with Crippen molar-refractivity contribution < 1.29 is 14.3 Å². The number of benzene rings is 1. The maximum atomic E-state index is 11.7. The van der Waals surface area contributed by atoms with Crippen molar-refractivity contribution in [2.75, 3.05) is 6.54 Å². The Hall–Kier alpha value is -2.04. The van der Waals surface area contributed by atoms with Crippen LogP contribution < -0.4 is 10.6 Å². The summed E-state index contributed by atoms with van der Waals surface area (Å²) in [5.41, 5.74) is 0.950. The summed E-state index contributed by atoms with van der Waals surface area (Å²) in [6.07, 6.45) is 0.480. The quantitative estimate of drug-likeness (QED) is 0.878. The molecule has 2 rings (SSSR count). The topological polar surface area (TPSA) is 67.4 Å². The van der Waals surface area contributed by atoms with Gasteiger partial charge in [-0.3, -0.25) is 4.79 Å². The van der Waals surface area contributed by atoms with Crippen molar-refractivity contribution in [3.63, 3.8) is 0 Å². The van der Waals surface area contributed by atoms with Crippen LogP contribution in [0.3, 0.4) is 0 Å². The summed E-state index contributed by atoms with van der Waals surface area (Å²) in [6, 6.07) is 9.76. The van der Waals surface area contributed by atoms with Gasteiger partial charge in [0.25, 0.3) is 0 Å². The van der Waals surface area contributed by atoms with Crippen LogP contribution in [0.5, 0.6) is 0 Å². The van der Waals surface area contributed by atoms with Gasteiger partial charge in [0.2, 0.25) is 5.91 Å². The van der Waals surface area contributed by atoms with E-state index in [9.17, 15) is 9.59 Å². The van der Waals surface area contributed by atoms with E-state index in [1.807, 2.05) is 30.3 Å². The summed E-state index contributed by atoms with van der Waals surface area (Å²) in [5.74, 6) is 0.334. The zero-order valence-electron chi connectivity index (χ0n) is 13.4. The lowest BCUT2D eigenvalue weighted by atomic mass is 9.58. The SMILES string of the molecule is CC(=O)N[C@@H]1C[C@H](CNC(=O)OCc2ccccc2)C1(C)C. The molecule has 22 heavy (non-hydrogen) atoms. The Labute approximate surface area is 131 Å². The normalized spacial score (nSPS) is 22.3. The molecule has 0 spiro atoms. The lowest BCUT2D eigenvalue weighted by molar-refractivity contribution is -0.123. The molecule has 2 amide bonds. The molecule has 120 valence electrons. The van der Waals surface area contributed by atoms with Crippen molar-refractivity contribution in [3.05, 3.63) is 35.9 Å². The van der Waals surface area contributed by atoms with E-state index >= 15 is 0 Å². The van der Waals surface area contributed by atoms with Crippen LogP contribution in [0.1, 0.15) is 32.8 Å². The standard InChI is InChI=1S/C17H24N2O3/c1-12(20)19-15-9-14(17(15,2)3)10-18-16(21)22-11-13-7-5-4-6-8-13/h4-8,14-15H,9-11H2,1-3H3,(H,18,21)(H,19,20)/t14-,15-/m1/s1. The molecule has 1 aromatic carbocycles. The Balaban J connectivity index is 1.70. The molecule has 2 atom stereocenters. The average molecular weight is 304 g/mol. The van der Waals surface area contributed by atoms with E-state index in [4.69, 9.17) is 4.74 Å². The highest BCUT2D eigenvalue weighted by Crippen LogP contribution is 2.45. The molecule has 1 aromatic rings. The molecule has 0 unspecified atom stereocenters. The van der Waals surface area contributed by atoms with Gasteiger partial charge in [-0.1, -0.05) is 44.2 Å². The van der Waals surface area contributed by atoms with E-state index in [2.05, 4.69) is 24.5 Å². The van der Waals surface area contributed by atoms with E-state index in [1.54, 1.807) is 0 Å². The van der Waals surface area contributed by atoms with Crippen molar-refractivity contribution in [3.8, 4) is 0 Å². The predicted octanol–water partition coefficient (Wildman–Crippen LogP) is 2.46. The van der Waals surface area contributed by atoms with Gasteiger partial charge in [-0.15, -0.1) is 0 Å². The van der Waals surface area contributed by atoms with Crippen LogP contribution in [0.15, 0.2) is 30.3 Å². The minimum Gasteiger partial charge on any atom is -0.445 e. The van der Waals surface area contributed by atoms with Gasteiger partial charge in [0.15, 0.2) is 0 Å². The summed E-state index contributed by atoms with van der Waals surface area (Å²) in [7, 11) is 0. The molecule has 1 aliphatic carbocycles. The van der Waals surface area contributed by atoms with E-state index in [0.717, 1.165) is 12.0 Å². The van der Waals surface area contributed by atoms with Crippen LogP contribution in [0.4, 0.5) is 4.79 Å². The first-order valence-corrected chi connectivity index (χ1v) is 7.61. The van der Waals surface area contributed by atoms with Crippen LogP contribution >= 0.6 is 0 Å². The van der Waals surface area contributed by atoms with Crippen LogP contribution in [0, 0.1) is 11.3 Å². The van der Waals surface area contributed by atoms with Crippen molar-refractivity contribution in [2.45, 2.75) is 39.8 Å². The number of hydrogen-bond acceptors (Lipinski definition) is 3. The van der Waals surface area contributed by atoms with Crippen LogP contribution in [0.25, 0.3) is 0 Å². The lowest BCUT2D eigenvalue weighted by Gasteiger charge is -2.52. The molecule has 0 heterocycles. The number of carbonyl (C=O) groups excluding carboxylic acids is 2. The molecule has 5 heteroatoms. The largest absolute Gasteiger partial charge is 0.445 e. The maximum absolute atomic E-state index is 11.7. The molecule has 0 saturated heterocycles. The van der Waals surface area contributed by atoms with Crippen LogP contribution in [-0.2, 0) is 16.1 Å². The van der Waals surface area contributed by atoms with Crippen molar-refractivity contribution in [1.82, 2.24) is 10.6 Å². The van der Waals surface area contributed by atoms with Gasteiger partial charge < -0.3 is 15.4 Å². The molecule has 1 saturated carbocycles. The molecule has 1 fully saturated rings. The van der Waals surface area contributed by atoms with Gasteiger partial charge in [-0.25, -0.2) is 4.79 Å². The van der Waals surface area contributed by atoms with Crippen LogP contribution in [-0.4, -0.2) is 24.6 Å². The number of rotatable bonds is 5. The Morgan fingerprint density at radius 2 is 1.95 bits per heavy atom. The summed E-state index contributed by atoms with van der Waals surface area (Å²) in [5, 5.41) is 5.76. The second-order valence-corrected chi connectivity index (χ2v) is 6.45. The molecule has 5 nitrogen and oxygen atoms in total. The number of amides is 2. The first kappa shape index (κ1) is 16.3. The molecule has 0 radical (unpaired) electrons. The maximum Gasteiger partial charge on any atom is 0.407 e. The number of alkyl carbamates (subject to hydrolysis) is 1. The Bertz CT molecular complexity index is 528. The monoisotopic (exact) mass is 304 g/mol. The second kappa shape index (κ2) is 6.81. The third-order valence-electron chi connectivity index (χ3n) is 4.55. The number of nitrogens with one attached hydrogen (secondary N) is 2. The number of hydrogen-bond donors (Lipinski definition) is 2. The van der Waals surface area contributed by atoms with E-state index in [0.29, 0.717) is 12.5 Å². The smallest absolute Gasteiger partial charge is 0.407 e. The molecule has 0 aliphatic heterocycles. The predicted molar refractivity (Wildman–Crippen MR) is 84.1 cm³/mol. The van der Waals surface area contributed by atoms with Gasteiger partial charge in [-0.2, -0.15) is 0 Å². The lowest BCUT2D eigenvalue weighted by Crippen LogP contribution is -2.60. The third kappa shape index (κ3) is 4.00. The van der Waals surface area contributed by atoms with E-state index in [1.165, 1.54) is 6.92 Å². The van der Waals surface area contributed by atoms with Gasteiger partial charge in [0, 0.05) is 19.5 Å². The molecule has 1 aliphatic rings. The van der Waals surface area contributed by atoms with E-state index in [-0.39, 0.29) is 24.0 Å². The van der Waals surface area contributed by atoms with E-state index < -0.39 is 6.09 Å². The average Bonchev–Trinajstić information content (AvgIpc) is 2.48.